The van der Waals surface area contributed by atoms with E-state index in [1.54, 1.807) is 0 Å². The molecule has 1 saturated carbocycles. The van der Waals surface area contributed by atoms with Gasteiger partial charge in [-0.05, 0) is 56.2 Å². The van der Waals surface area contributed by atoms with Gasteiger partial charge in [-0.1, -0.05) is 54.1 Å². The van der Waals surface area contributed by atoms with E-state index in [2.05, 4.69) is 37.3 Å². The molecule has 0 atom stereocenters. The van der Waals surface area contributed by atoms with Crippen molar-refractivity contribution in [2.75, 3.05) is 0 Å². The van der Waals surface area contributed by atoms with Crippen LogP contribution < -0.4 is 0 Å². The maximum absolute atomic E-state index is 13.2. The minimum atomic E-state index is 0.204. The molecule has 0 heterocycles. The molecule has 1 heteroatoms. The van der Waals surface area contributed by atoms with Gasteiger partial charge in [-0.2, -0.15) is 0 Å². The van der Waals surface area contributed by atoms with Gasteiger partial charge in [0.05, 0.1) is 0 Å². The number of ketones is 1. The molecule has 1 aliphatic carbocycles. The zero-order valence-corrected chi connectivity index (χ0v) is 14.2. The molecular formula is C22H24O. The molecule has 0 aromatic heterocycles. The van der Waals surface area contributed by atoms with E-state index in [1.807, 2.05) is 32.0 Å². The third-order valence-electron chi connectivity index (χ3n) is 4.49. The Bertz CT molecular complexity index is 726. The monoisotopic (exact) mass is 304 g/mol. The average molecular weight is 304 g/mol. The highest BCUT2D eigenvalue weighted by Crippen LogP contribution is 2.33. The molecule has 1 fully saturated rings. The lowest BCUT2D eigenvalue weighted by molar-refractivity contribution is 0.103. The Hall–Kier alpha value is -2.15. The number of allylic oxidation sites excluding steroid dienone is 2. The van der Waals surface area contributed by atoms with Gasteiger partial charge < -0.3 is 0 Å². The van der Waals surface area contributed by atoms with E-state index >= 15 is 0 Å². The fraction of sp³-hybridized carbons (Fsp3) is 0.318. The van der Waals surface area contributed by atoms with Gasteiger partial charge in [0.15, 0.2) is 5.78 Å². The smallest absolute Gasteiger partial charge is 0.189 e. The number of rotatable bonds is 5. The number of aryl methyl sites for hydroxylation is 3. The first-order valence-corrected chi connectivity index (χ1v) is 8.42. The standard InChI is InChI=1S/C22H24O/c1-15-11-16(2)21(17(3)12-15)22(23)20(14-19-9-10-19)13-18-7-5-4-6-8-18/h4-8,11-12,14,19H,9-10,13H2,1-3H3/b20-14+. The summed E-state index contributed by atoms with van der Waals surface area (Å²) in [5.41, 5.74) is 6.43. The van der Waals surface area contributed by atoms with Crippen molar-refractivity contribution in [1.82, 2.24) is 0 Å². The summed E-state index contributed by atoms with van der Waals surface area (Å²) in [6, 6.07) is 14.5. The predicted molar refractivity (Wildman–Crippen MR) is 95.9 cm³/mol. The fourth-order valence-corrected chi connectivity index (χ4v) is 3.28. The van der Waals surface area contributed by atoms with Crippen LogP contribution in [0.15, 0.2) is 54.1 Å². The molecule has 0 amide bonds. The normalized spacial score (nSPS) is 14.8. The number of hydrogen-bond acceptors (Lipinski definition) is 1. The molecule has 0 N–H and O–H groups in total. The lowest BCUT2D eigenvalue weighted by atomic mass is 9.90. The Labute approximate surface area is 139 Å². The van der Waals surface area contributed by atoms with Crippen molar-refractivity contribution in [2.45, 2.75) is 40.0 Å². The summed E-state index contributed by atoms with van der Waals surface area (Å²) < 4.78 is 0. The van der Waals surface area contributed by atoms with Crippen LogP contribution in [-0.4, -0.2) is 5.78 Å². The highest BCUT2D eigenvalue weighted by molar-refractivity contribution is 6.10. The molecule has 118 valence electrons. The molecule has 2 aromatic carbocycles. The van der Waals surface area contributed by atoms with Gasteiger partial charge in [-0.25, -0.2) is 0 Å². The van der Waals surface area contributed by atoms with Crippen molar-refractivity contribution < 1.29 is 4.79 Å². The number of hydrogen-bond donors (Lipinski definition) is 0. The Balaban J connectivity index is 1.96. The van der Waals surface area contributed by atoms with Crippen LogP contribution in [0, 0.1) is 26.7 Å². The summed E-state index contributed by atoms with van der Waals surface area (Å²) >= 11 is 0. The van der Waals surface area contributed by atoms with Gasteiger partial charge >= 0.3 is 0 Å². The molecule has 0 bridgehead atoms. The van der Waals surface area contributed by atoms with E-state index in [1.165, 1.54) is 24.0 Å². The highest BCUT2D eigenvalue weighted by Gasteiger charge is 2.23. The summed E-state index contributed by atoms with van der Waals surface area (Å²) in [5, 5.41) is 0. The van der Waals surface area contributed by atoms with Gasteiger partial charge in [0.25, 0.3) is 0 Å². The van der Waals surface area contributed by atoms with Crippen LogP contribution >= 0.6 is 0 Å². The van der Waals surface area contributed by atoms with Gasteiger partial charge in [0.2, 0.25) is 0 Å². The molecule has 1 aliphatic rings. The Morgan fingerprint density at radius 3 is 2.22 bits per heavy atom. The summed E-state index contributed by atoms with van der Waals surface area (Å²) in [5.74, 6) is 0.805. The van der Waals surface area contributed by atoms with Gasteiger partial charge in [-0.3, -0.25) is 4.79 Å². The molecule has 3 rings (SSSR count). The third-order valence-corrected chi connectivity index (χ3v) is 4.49. The van der Waals surface area contributed by atoms with E-state index in [0.717, 1.165) is 28.7 Å². The zero-order chi connectivity index (χ0) is 16.4. The first-order chi connectivity index (χ1) is 11.0. The molecule has 0 unspecified atom stereocenters. The van der Waals surface area contributed by atoms with Crippen LogP contribution in [0.25, 0.3) is 0 Å². The lowest BCUT2D eigenvalue weighted by Gasteiger charge is -2.13. The molecule has 1 nitrogen and oxygen atoms in total. The molecule has 2 aromatic rings. The maximum atomic E-state index is 13.2. The number of benzene rings is 2. The lowest BCUT2D eigenvalue weighted by Crippen LogP contribution is -2.11. The molecule has 0 radical (unpaired) electrons. The van der Waals surface area contributed by atoms with Crippen LogP contribution in [0.2, 0.25) is 0 Å². The van der Waals surface area contributed by atoms with Crippen LogP contribution in [0.1, 0.15) is 45.5 Å². The van der Waals surface area contributed by atoms with Crippen LogP contribution in [0.5, 0.6) is 0 Å². The van der Waals surface area contributed by atoms with E-state index in [0.29, 0.717) is 5.92 Å². The topological polar surface area (TPSA) is 17.1 Å². The van der Waals surface area contributed by atoms with E-state index < -0.39 is 0 Å². The Morgan fingerprint density at radius 1 is 1.04 bits per heavy atom. The van der Waals surface area contributed by atoms with Crippen molar-refractivity contribution in [3.63, 3.8) is 0 Å². The Kier molecular flexibility index (Phi) is 4.47. The van der Waals surface area contributed by atoms with Crippen molar-refractivity contribution in [3.8, 4) is 0 Å². The third kappa shape index (κ3) is 3.79. The zero-order valence-electron chi connectivity index (χ0n) is 14.2. The first-order valence-electron chi connectivity index (χ1n) is 8.42. The molecule has 23 heavy (non-hydrogen) atoms. The second-order valence-corrected chi connectivity index (χ2v) is 6.79. The molecular weight excluding hydrogens is 280 g/mol. The minimum absolute atomic E-state index is 0.204. The van der Waals surface area contributed by atoms with Crippen molar-refractivity contribution in [3.05, 3.63) is 81.9 Å². The van der Waals surface area contributed by atoms with Gasteiger partial charge in [0, 0.05) is 17.6 Å². The highest BCUT2D eigenvalue weighted by atomic mass is 16.1. The summed E-state index contributed by atoms with van der Waals surface area (Å²) in [4.78, 5) is 13.2. The second kappa shape index (κ2) is 6.54. The SMILES string of the molecule is Cc1cc(C)c(C(=O)/C(=C/C2CC2)Cc2ccccc2)c(C)c1. The predicted octanol–water partition coefficient (Wildman–Crippen LogP) is 5.37. The van der Waals surface area contributed by atoms with Crippen LogP contribution in [0.3, 0.4) is 0 Å². The number of carbonyl (C=O) groups is 1. The van der Waals surface area contributed by atoms with Crippen molar-refractivity contribution in [1.29, 1.82) is 0 Å². The van der Waals surface area contributed by atoms with Crippen LogP contribution in [-0.2, 0) is 6.42 Å². The Morgan fingerprint density at radius 2 is 1.65 bits per heavy atom. The summed E-state index contributed by atoms with van der Waals surface area (Å²) in [6.07, 6.45) is 5.38. The molecule has 0 spiro atoms. The van der Waals surface area contributed by atoms with Crippen molar-refractivity contribution in [2.24, 2.45) is 5.92 Å². The van der Waals surface area contributed by atoms with Gasteiger partial charge in [-0.15, -0.1) is 0 Å². The largest absolute Gasteiger partial charge is 0.289 e. The summed E-state index contributed by atoms with van der Waals surface area (Å²) in [7, 11) is 0. The molecule has 0 aliphatic heterocycles. The van der Waals surface area contributed by atoms with E-state index in [-0.39, 0.29) is 5.78 Å². The summed E-state index contributed by atoms with van der Waals surface area (Å²) in [6.45, 7) is 6.17. The number of Topliss-reactive ketones (excluding diaryl/α,β-unsaturated/α-hetero) is 1. The quantitative estimate of drug-likeness (QED) is 0.536. The van der Waals surface area contributed by atoms with Crippen molar-refractivity contribution >= 4 is 5.78 Å². The molecule has 0 saturated heterocycles. The van der Waals surface area contributed by atoms with Crippen LogP contribution in [0.4, 0.5) is 0 Å². The van der Waals surface area contributed by atoms with E-state index in [9.17, 15) is 4.79 Å². The second-order valence-electron chi connectivity index (χ2n) is 6.79. The number of carbonyl (C=O) groups excluding carboxylic acids is 1. The maximum Gasteiger partial charge on any atom is 0.189 e. The first kappa shape index (κ1) is 15.7. The van der Waals surface area contributed by atoms with E-state index in [4.69, 9.17) is 0 Å². The fourth-order valence-electron chi connectivity index (χ4n) is 3.28. The minimum Gasteiger partial charge on any atom is -0.289 e. The average Bonchev–Trinajstić information content (AvgIpc) is 3.30. The van der Waals surface area contributed by atoms with Gasteiger partial charge in [0.1, 0.15) is 0 Å².